The van der Waals surface area contributed by atoms with Gasteiger partial charge in [-0.2, -0.15) is 0 Å². The first-order valence-corrected chi connectivity index (χ1v) is 16.9. The van der Waals surface area contributed by atoms with Gasteiger partial charge in [0, 0.05) is 11.5 Å². The summed E-state index contributed by atoms with van der Waals surface area (Å²) in [6, 6.07) is 6.88. The number of benzene rings is 1. The van der Waals surface area contributed by atoms with Crippen LogP contribution in [0.1, 0.15) is 185 Å². The minimum atomic E-state index is -1.09. The molecule has 0 N–H and O–H groups in total. The van der Waals surface area contributed by atoms with Gasteiger partial charge in [-0.15, -0.1) is 0 Å². The van der Waals surface area contributed by atoms with Crippen LogP contribution in [0.25, 0.3) is 0 Å². The van der Waals surface area contributed by atoms with Crippen LogP contribution in [-0.2, 0) is 11.2 Å². The summed E-state index contributed by atoms with van der Waals surface area (Å²) in [7, 11) is 0. The molecule has 1 aromatic carbocycles. The second kappa shape index (κ2) is 42.1. The number of aliphatic carboxylic acids is 1. The van der Waals surface area contributed by atoms with Gasteiger partial charge in [0.1, 0.15) is 0 Å². The number of hydrogen-bond acceptors (Lipinski definition) is 4. The van der Waals surface area contributed by atoms with Gasteiger partial charge in [-0.1, -0.05) is 194 Å². The number of carbonyl (C=O) groups is 2. The predicted octanol–water partition coefficient (Wildman–Crippen LogP) is 9.25. The number of carboxylic acid groups (broad SMARTS) is 2. The summed E-state index contributed by atoms with van der Waals surface area (Å²) in [4.78, 5) is 20.7. The van der Waals surface area contributed by atoms with E-state index in [1.165, 1.54) is 109 Å². The number of aromatic carboxylic acids is 1. The molecule has 4 radical (unpaired) electrons. The largest absolute Gasteiger partial charge is 2.00 e. The van der Waals surface area contributed by atoms with Crippen molar-refractivity contribution in [1.82, 2.24) is 0 Å². The molecular formula is C37H66O4Sn. The van der Waals surface area contributed by atoms with E-state index >= 15 is 0 Å². The quantitative estimate of drug-likeness (QED) is 0.0896. The van der Waals surface area contributed by atoms with Crippen LogP contribution < -0.4 is 10.2 Å². The minimum Gasteiger partial charge on any atom is -0.550 e. The maximum absolute atomic E-state index is 10.5. The molecule has 42 heavy (non-hydrogen) atoms. The van der Waals surface area contributed by atoms with Crippen molar-refractivity contribution in [2.75, 3.05) is 0 Å². The Kier molecular flexibility index (Phi) is 48.0. The van der Waals surface area contributed by atoms with Gasteiger partial charge < -0.3 is 19.8 Å². The van der Waals surface area contributed by atoms with Crippen LogP contribution in [0.4, 0.5) is 0 Å². The molecule has 0 unspecified atom stereocenters. The number of aryl methyl sites for hydroxylation is 1. The van der Waals surface area contributed by atoms with E-state index in [-0.39, 0.29) is 30.3 Å². The molecule has 0 atom stereocenters. The Balaban J connectivity index is -0.000000297. The van der Waals surface area contributed by atoms with E-state index < -0.39 is 11.9 Å². The van der Waals surface area contributed by atoms with Gasteiger partial charge in [-0.05, 0) is 24.8 Å². The van der Waals surface area contributed by atoms with Crippen molar-refractivity contribution < 1.29 is 19.8 Å². The maximum Gasteiger partial charge on any atom is 2.00 e. The molecule has 5 heteroatoms. The molecule has 0 saturated heterocycles. The van der Waals surface area contributed by atoms with Gasteiger partial charge in [0.25, 0.3) is 0 Å². The standard InChI is InChI=1S/C20H40O2.C9H10O2.2C4H9.Sn/c1-2-3-4-5-6-7-8-9-10-11-12-13-14-15-16-17-18-19-20(21)22;1-2-7-5-3-4-6-8(7)9(10)11;2*1-3-4-2;/h2-19H2,1H3,(H,21,22);3-6H,2H2,1H3,(H,10,11);2*1,3-4H2,2H3;/q;;;;+2/p-2. The van der Waals surface area contributed by atoms with Gasteiger partial charge in [0.15, 0.2) is 0 Å². The van der Waals surface area contributed by atoms with Gasteiger partial charge >= 0.3 is 23.9 Å². The topological polar surface area (TPSA) is 80.3 Å². The van der Waals surface area contributed by atoms with Crippen LogP contribution in [0.3, 0.4) is 0 Å². The van der Waals surface area contributed by atoms with Crippen LogP contribution in [-0.4, -0.2) is 35.8 Å². The van der Waals surface area contributed by atoms with Crippen molar-refractivity contribution in [3.05, 3.63) is 49.2 Å². The second-order valence-electron chi connectivity index (χ2n) is 10.8. The van der Waals surface area contributed by atoms with E-state index in [2.05, 4.69) is 34.6 Å². The first-order chi connectivity index (χ1) is 19.9. The first kappa shape index (κ1) is 47.9. The van der Waals surface area contributed by atoms with Crippen LogP contribution in [0.2, 0.25) is 0 Å². The molecule has 0 heterocycles. The third-order valence-electron chi connectivity index (χ3n) is 6.81. The number of carboxylic acids is 2. The molecule has 242 valence electrons. The Morgan fingerprint density at radius 3 is 1.17 bits per heavy atom. The molecule has 0 aromatic heterocycles. The van der Waals surface area contributed by atoms with Gasteiger partial charge in [-0.25, -0.2) is 0 Å². The van der Waals surface area contributed by atoms with Crippen molar-refractivity contribution >= 4 is 35.8 Å². The van der Waals surface area contributed by atoms with Gasteiger partial charge in [0.05, 0.1) is 5.97 Å². The Bertz CT molecular complexity index is 655. The van der Waals surface area contributed by atoms with Crippen molar-refractivity contribution in [1.29, 1.82) is 0 Å². The summed E-state index contributed by atoms with van der Waals surface area (Å²) in [6.45, 7) is 15.6. The smallest absolute Gasteiger partial charge is 0.550 e. The molecule has 0 aliphatic rings. The zero-order valence-corrected chi connectivity index (χ0v) is 31.0. The fraction of sp³-hybridized carbons (Fsp3) is 0.730. The molecule has 0 bridgehead atoms. The molecule has 1 aromatic rings. The van der Waals surface area contributed by atoms with Crippen LogP contribution >= 0.6 is 0 Å². The molecule has 0 saturated carbocycles. The van der Waals surface area contributed by atoms with Crippen molar-refractivity contribution in [3.63, 3.8) is 0 Å². The summed E-state index contributed by atoms with van der Waals surface area (Å²) in [6.07, 6.45) is 28.1. The molecule has 1 rings (SSSR count). The third kappa shape index (κ3) is 41.1. The third-order valence-corrected chi connectivity index (χ3v) is 6.81. The molecule has 0 amide bonds. The molecule has 0 fully saturated rings. The molecule has 4 nitrogen and oxygen atoms in total. The van der Waals surface area contributed by atoms with Crippen LogP contribution in [0.15, 0.2) is 24.3 Å². The minimum absolute atomic E-state index is 0. The fourth-order valence-corrected chi connectivity index (χ4v) is 4.02. The normalized spacial score (nSPS) is 9.67. The van der Waals surface area contributed by atoms with Crippen molar-refractivity contribution in [2.45, 2.75) is 175 Å². The Hall–Kier alpha value is -1.04. The zero-order chi connectivity index (χ0) is 31.4. The molecule has 0 aliphatic carbocycles. The van der Waals surface area contributed by atoms with Crippen molar-refractivity contribution in [3.8, 4) is 0 Å². The monoisotopic (exact) mass is 694 g/mol. The second-order valence-corrected chi connectivity index (χ2v) is 10.8. The van der Waals surface area contributed by atoms with Crippen LogP contribution in [0, 0.1) is 13.8 Å². The number of carbonyl (C=O) groups excluding carboxylic acids is 2. The molecule has 0 aliphatic heterocycles. The van der Waals surface area contributed by atoms with E-state index in [0.29, 0.717) is 5.56 Å². The van der Waals surface area contributed by atoms with Gasteiger partial charge in [0.2, 0.25) is 0 Å². The summed E-state index contributed by atoms with van der Waals surface area (Å²) in [5.41, 5.74) is 1.13. The van der Waals surface area contributed by atoms with E-state index in [0.717, 1.165) is 37.7 Å². The fourth-order valence-electron chi connectivity index (χ4n) is 4.02. The van der Waals surface area contributed by atoms with E-state index in [1.54, 1.807) is 18.2 Å². The Morgan fingerprint density at radius 2 is 0.905 bits per heavy atom. The van der Waals surface area contributed by atoms with Crippen LogP contribution in [0.5, 0.6) is 0 Å². The Morgan fingerprint density at radius 1 is 0.571 bits per heavy atom. The summed E-state index contributed by atoms with van der Waals surface area (Å²) in [5, 5.41) is 20.7. The average molecular weight is 694 g/mol. The number of unbranched alkanes of at least 4 members (excludes halogenated alkanes) is 18. The Labute approximate surface area is 279 Å². The van der Waals surface area contributed by atoms with Gasteiger partial charge in [-0.3, -0.25) is 0 Å². The summed E-state index contributed by atoms with van der Waals surface area (Å²) >= 11 is 0. The summed E-state index contributed by atoms with van der Waals surface area (Å²) in [5.74, 6) is -2.00. The molecular weight excluding hydrogens is 627 g/mol. The SMILES string of the molecule is CCCCCCCCCCCCCCCCCCCC(=O)[O-].CCc1ccccc1C(=O)[O-].[CH2]CCC.[CH2]CCC.[Sn+2]. The maximum atomic E-state index is 10.5. The molecule has 0 spiro atoms. The van der Waals surface area contributed by atoms with E-state index in [9.17, 15) is 19.8 Å². The summed E-state index contributed by atoms with van der Waals surface area (Å²) < 4.78 is 0. The van der Waals surface area contributed by atoms with Crippen molar-refractivity contribution in [2.24, 2.45) is 0 Å². The van der Waals surface area contributed by atoms with E-state index in [4.69, 9.17) is 0 Å². The number of hydrogen-bond donors (Lipinski definition) is 0. The van der Waals surface area contributed by atoms with E-state index in [1.807, 2.05) is 13.0 Å². The number of rotatable bonds is 22. The zero-order valence-electron chi connectivity index (χ0n) is 28.1. The average Bonchev–Trinajstić information content (AvgIpc) is 2.99. The first-order valence-electron chi connectivity index (χ1n) is 16.9. The predicted molar refractivity (Wildman–Crippen MR) is 180 cm³/mol.